The third kappa shape index (κ3) is 3.76. The van der Waals surface area contributed by atoms with Gasteiger partial charge in [0.15, 0.2) is 5.69 Å². The van der Waals surface area contributed by atoms with Crippen LogP contribution in [0.1, 0.15) is 16.1 Å². The standard InChI is InChI=1S/C27H20FN3O/c1-18-9-15-22(16-10-18)31-26(24-8-4-6-19-5-2-3-7-23(19)24)17-25(30-31)27(32)29-21-13-11-20(28)12-14-21/h2-17H,1H3,(H,29,32). The number of hydrogen-bond acceptors (Lipinski definition) is 2. The van der Waals surface area contributed by atoms with Crippen LogP contribution < -0.4 is 5.32 Å². The minimum absolute atomic E-state index is 0.276. The molecule has 1 amide bonds. The van der Waals surface area contributed by atoms with Gasteiger partial charge in [-0.1, -0.05) is 60.2 Å². The largest absolute Gasteiger partial charge is 0.321 e. The summed E-state index contributed by atoms with van der Waals surface area (Å²) < 4.78 is 15.0. The molecule has 156 valence electrons. The minimum Gasteiger partial charge on any atom is -0.321 e. The normalized spacial score (nSPS) is 10.9. The molecule has 0 fully saturated rings. The number of benzene rings is 4. The number of amides is 1. The fourth-order valence-corrected chi connectivity index (χ4v) is 3.74. The van der Waals surface area contributed by atoms with E-state index in [-0.39, 0.29) is 17.4 Å². The molecular formula is C27H20FN3O. The number of nitrogens with zero attached hydrogens (tertiary/aromatic N) is 2. The SMILES string of the molecule is Cc1ccc(-n2nc(C(=O)Nc3ccc(F)cc3)cc2-c2cccc3ccccc23)cc1. The summed E-state index contributed by atoms with van der Waals surface area (Å²) in [6, 6.07) is 29.7. The Morgan fingerprint density at radius 1 is 0.875 bits per heavy atom. The summed E-state index contributed by atoms with van der Waals surface area (Å²) in [4.78, 5) is 13.0. The van der Waals surface area contributed by atoms with Gasteiger partial charge in [-0.25, -0.2) is 9.07 Å². The fourth-order valence-electron chi connectivity index (χ4n) is 3.74. The van der Waals surface area contributed by atoms with Crippen molar-refractivity contribution in [3.05, 3.63) is 114 Å². The molecule has 0 aliphatic carbocycles. The monoisotopic (exact) mass is 421 g/mol. The molecule has 0 atom stereocenters. The Hall–Kier alpha value is -4.25. The van der Waals surface area contributed by atoms with Crippen LogP contribution >= 0.6 is 0 Å². The van der Waals surface area contributed by atoms with Gasteiger partial charge in [0.2, 0.25) is 0 Å². The molecule has 0 unspecified atom stereocenters. The molecule has 1 heterocycles. The van der Waals surface area contributed by atoms with Gasteiger partial charge in [-0.05, 0) is 60.2 Å². The van der Waals surface area contributed by atoms with Gasteiger partial charge in [0.1, 0.15) is 5.82 Å². The quantitative estimate of drug-likeness (QED) is 0.365. The van der Waals surface area contributed by atoms with Crippen LogP contribution in [0.2, 0.25) is 0 Å². The van der Waals surface area contributed by atoms with E-state index in [0.717, 1.165) is 33.3 Å². The van der Waals surface area contributed by atoms with Crippen molar-refractivity contribution in [2.24, 2.45) is 0 Å². The molecule has 4 nitrogen and oxygen atoms in total. The number of carbonyl (C=O) groups is 1. The second-order valence-corrected chi connectivity index (χ2v) is 7.65. The van der Waals surface area contributed by atoms with Crippen molar-refractivity contribution in [3.8, 4) is 16.9 Å². The number of nitrogens with one attached hydrogen (secondary N) is 1. The molecule has 5 rings (SSSR count). The average molecular weight is 421 g/mol. The van der Waals surface area contributed by atoms with Gasteiger partial charge in [-0.2, -0.15) is 5.10 Å². The maximum Gasteiger partial charge on any atom is 0.276 e. The molecule has 5 heteroatoms. The second-order valence-electron chi connectivity index (χ2n) is 7.65. The highest BCUT2D eigenvalue weighted by molar-refractivity contribution is 6.04. The first kappa shape index (κ1) is 19.7. The molecule has 0 spiro atoms. The lowest BCUT2D eigenvalue weighted by Gasteiger charge is -2.10. The zero-order chi connectivity index (χ0) is 22.1. The summed E-state index contributed by atoms with van der Waals surface area (Å²) >= 11 is 0. The third-order valence-corrected chi connectivity index (χ3v) is 5.39. The summed E-state index contributed by atoms with van der Waals surface area (Å²) in [6.45, 7) is 2.03. The van der Waals surface area contributed by atoms with E-state index in [4.69, 9.17) is 0 Å². The number of aryl methyl sites for hydroxylation is 1. The molecule has 1 N–H and O–H groups in total. The van der Waals surface area contributed by atoms with Crippen LogP contribution in [0, 0.1) is 12.7 Å². The molecule has 5 aromatic rings. The van der Waals surface area contributed by atoms with E-state index < -0.39 is 0 Å². The number of carbonyl (C=O) groups excluding carboxylic acids is 1. The van der Waals surface area contributed by atoms with Gasteiger partial charge < -0.3 is 5.32 Å². The first-order valence-corrected chi connectivity index (χ1v) is 10.3. The van der Waals surface area contributed by atoms with Gasteiger partial charge >= 0.3 is 0 Å². The van der Waals surface area contributed by atoms with Gasteiger partial charge in [0, 0.05) is 11.3 Å². The number of fused-ring (bicyclic) bond motifs is 1. The predicted molar refractivity (Wildman–Crippen MR) is 126 cm³/mol. The molecule has 0 radical (unpaired) electrons. The summed E-state index contributed by atoms with van der Waals surface area (Å²) in [5.41, 5.74) is 4.58. The van der Waals surface area contributed by atoms with Crippen LogP contribution in [0.5, 0.6) is 0 Å². The van der Waals surface area contributed by atoms with E-state index in [2.05, 4.69) is 28.6 Å². The molecule has 0 bridgehead atoms. The van der Waals surface area contributed by atoms with Crippen molar-refractivity contribution in [1.29, 1.82) is 0 Å². The zero-order valence-electron chi connectivity index (χ0n) is 17.4. The van der Waals surface area contributed by atoms with E-state index in [1.807, 2.05) is 55.5 Å². The summed E-state index contributed by atoms with van der Waals surface area (Å²) in [6.07, 6.45) is 0. The van der Waals surface area contributed by atoms with Crippen LogP contribution in [-0.2, 0) is 0 Å². The number of hydrogen-bond donors (Lipinski definition) is 1. The highest BCUT2D eigenvalue weighted by atomic mass is 19.1. The molecule has 0 saturated heterocycles. The highest BCUT2D eigenvalue weighted by Gasteiger charge is 2.18. The Morgan fingerprint density at radius 3 is 2.38 bits per heavy atom. The van der Waals surface area contributed by atoms with E-state index in [9.17, 15) is 9.18 Å². The summed E-state index contributed by atoms with van der Waals surface area (Å²) in [5.74, 6) is -0.714. The Balaban J connectivity index is 1.63. The van der Waals surface area contributed by atoms with Crippen LogP contribution in [0.4, 0.5) is 10.1 Å². The molecular weight excluding hydrogens is 401 g/mol. The van der Waals surface area contributed by atoms with Gasteiger partial charge in [0.05, 0.1) is 11.4 Å². The number of anilines is 1. The number of rotatable bonds is 4. The average Bonchev–Trinajstić information content (AvgIpc) is 3.26. The van der Waals surface area contributed by atoms with Crippen molar-refractivity contribution in [1.82, 2.24) is 9.78 Å². The van der Waals surface area contributed by atoms with Crippen LogP contribution in [-0.4, -0.2) is 15.7 Å². The zero-order valence-corrected chi connectivity index (χ0v) is 17.4. The fraction of sp³-hybridized carbons (Fsp3) is 0.0370. The van der Waals surface area contributed by atoms with Crippen molar-refractivity contribution in [2.45, 2.75) is 6.92 Å². The van der Waals surface area contributed by atoms with Gasteiger partial charge in [-0.15, -0.1) is 0 Å². The topological polar surface area (TPSA) is 46.9 Å². The van der Waals surface area contributed by atoms with Crippen LogP contribution in [0.25, 0.3) is 27.7 Å². The van der Waals surface area contributed by atoms with E-state index in [0.29, 0.717) is 5.69 Å². The minimum atomic E-state index is -0.357. The van der Waals surface area contributed by atoms with E-state index >= 15 is 0 Å². The molecule has 0 aliphatic rings. The van der Waals surface area contributed by atoms with Crippen LogP contribution in [0.3, 0.4) is 0 Å². The molecule has 4 aromatic carbocycles. The lowest BCUT2D eigenvalue weighted by atomic mass is 10.0. The maximum absolute atomic E-state index is 13.2. The summed E-state index contributed by atoms with van der Waals surface area (Å²) in [5, 5.41) is 9.62. The second kappa shape index (κ2) is 8.12. The number of halogens is 1. The lowest BCUT2D eigenvalue weighted by molar-refractivity contribution is 0.102. The lowest BCUT2D eigenvalue weighted by Crippen LogP contribution is -2.13. The first-order valence-electron chi connectivity index (χ1n) is 10.3. The van der Waals surface area contributed by atoms with Crippen molar-refractivity contribution < 1.29 is 9.18 Å². The van der Waals surface area contributed by atoms with Gasteiger partial charge in [0.25, 0.3) is 5.91 Å². The molecule has 1 aromatic heterocycles. The Kier molecular flexibility index (Phi) is 5.00. The Bertz CT molecular complexity index is 1410. The third-order valence-electron chi connectivity index (χ3n) is 5.39. The predicted octanol–water partition coefficient (Wildman–Crippen LogP) is 6.39. The summed E-state index contributed by atoms with van der Waals surface area (Å²) in [7, 11) is 0. The molecule has 32 heavy (non-hydrogen) atoms. The highest BCUT2D eigenvalue weighted by Crippen LogP contribution is 2.31. The number of aromatic nitrogens is 2. The van der Waals surface area contributed by atoms with Crippen molar-refractivity contribution in [3.63, 3.8) is 0 Å². The van der Waals surface area contributed by atoms with Crippen LogP contribution in [0.15, 0.2) is 97.1 Å². The van der Waals surface area contributed by atoms with Crippen molar-refractivity contribution >= 4 is 22.4 Å². The first-order chi connectivity index (χ1) is 15.6. The van der Waals surface area contributed by atoms with Crippen molar-refractivity contribution in [2.75, 3.05) is 5.32 Å². The van der Waals surface area contributed by atoms with E-state index in [1.54, 1.807) is 10.7 Å². The van der Waals surface area contributed by atoms with Gasteiger partial charge in [-0.3, -0.25) is 4.79 Å². The Labute approximate surface area is 184 Å². The smallest absolute Gasteiger partial charge is 0.276 e. The molecule has 0 aliphatic heterocycles. The molecule has 0 saturated carbocycles. The van der Waals surface area contributed by atoms with E-state index in [1.165, 1.54) is 24.3 Å². The maximum atomic E-state index is 13.2. The Morgan fingerprint density at radius 2 is 1.59 bits per heavy atom.